The molecule has 0 fully saturated rings. The highest BCUT2D eigenvalue weighted by Gasteiger charge is 2.43. The van der Waals surface area contributed by atoms with Crippen LogP contribution in [0.4, 0.5) is 5.69 Å². The quantitative estimate of drug-likeness (QED) is 0.487. The van der Waals surface area contributed by atoms with Gasteiger partial charge in [0.1, 0.15) is 17.3 Å². The normalized spacial score (nSPS) is 16.7. The van der Waals surface area contributed by atoms with Crippen molar-refractivity contribution in [3.63, 3.8) is 0 Å². The van der Waals surface area contributed by atoms with Gasteiger partial charge >= 0.3 is 5.63 Å². The molecular formula is C22H13NO6. The van der Waals surface area contributed by atoms with Crippen molar-refractivity contribution in [1.29, 1.82) is 0 Å². The number of fused-ring (bicyclic) bond motifs is 3. The largest absolute Gasteiger partial charge is 0.456 e. The zero-order valence-electron chi connectivity index (χ0n) is 15.2. The van der Waals surface area contributed by atoms with E-state index in [0.29, 0.717) is 34.0 Å². The zero-order chi connectivity index (χ0) is 20.3. The fraction of sp³-hybridized carbons (Fsp3) is 0.0909. The van der Waals surface area contributed by atoms with E-state index < -0.39 is 16.5 Å². The number of benzene rings is 2. The Balaban J connectivity index is 1.82. The first-order valence-electron chi connectivity index (χ1n) is 8.91. The topological polar surface area (TPSA) is 99.7 Å². The molecule has 7 heteroatoms. The minimum Gasteiger partial charge on any atom is -0.456 e. The number of ketones is 1. The van der Waals surface area contributed by atoms with E-state index in [4.69, 9.17) is 9.15 Å². The van der Waals surface area contributed by atoms with E-state index in [1.54, 1.807) is 43.3 Å². The second kappa shape index (κ2) is 6.00. The number of carbonyl (C=O) groups excluding carboxylic acids is 1. The average molecular weight is 387 g/mol. The molecule has 0 N–H and O–H groups in total. The fourth-order valence-corrected chi connectivity index (χ4v) is 3.99. The number of aryl methyl sites for hydroxylation is 1. The van der Waals surface area contributed by atoms with Gasteiger partial charge in [-0.05, 0) is 12.5 Å². The summed E-state index contributed by atoms with van der Waals surface area (Å²) in [4.78, 5) is 36.7. The van der Waals surface area contributed by atoms with Crippen molar-refractivity contribution in [3.8, 4) is 5.75 Å². The Morgan fingerprint density at radius 2 is 1.76 bits per heavy atom. The van der Waals surface area contributed by atoms with Gasteiger partial charge in [0.25, 0.3) is 5.69 Å². The molecule has 1 unspecified atom stereocenters. The van der Waals surface area contributed by atoms with Crippen LogP contribution in [0.1, 0.15) is 38.7 Å². The monoisotopic (exact) mass is 387 g/mol. The van der Waals surface area contributed by atoms with Crippen LogP contribution in [0.3, 0.4) is 0 Å². The number of rotatable bonds is 2. The lowest BCUT2D eigenvalue weighted by atomic mass is 9.82. The Morgan fingerprint density at radius 3 is 2.52 bits per heavy atom. The smallest absolute Gasteiger partial charge is 0.343 e. The summed E-state index contributed by atoms with van der Waals surface area (Å²) < 4.78 is 11.3. The van der Waals surface area contributed by atoms with Crippen LogP contribution in [-0.2, 0) is 0 Å². The van der Waals surface area contributed by atoms with Crippen LogP contribution in [0.15, 0.2) is 69.4 Å². The maximum Gasteiger partial charge on any atom is 0.343 e. The fourth-order valence-electron chi connectivity index (χ4n) is 3.99. The van der Waals surface area contributed by atoms with Crippen molar-refractivity contribution in [2.24, 2.45) is 0 Å². The molecule has 1 atom stereocenters. The molecular weight excluding hydrogens is 374 g/mol. The van der Waals surface area contributed by atoms with Gasteiger partial charge in [-0.2, -0.15) is 0 Å². The Labute approximate surface area is 164 Å². The van der Waals surface area contributed by atoms with Gasteiger partial charge in [-0.3, -0.25) is 14.9 Å². The van der Waals surface area contributed by atoms with Crippen LogP contribution < -0.4 is 10.4 Å². The van der Waals surface area contributed by atoms with Crippen LogP contribution in [0.25, 0.3) is 5.76 Å². The van der Waals surface area contributed by atoms with E-state index in [-0.39, 0.29) is 22.6 Å². The Bertz CT molecular complexity index is 1320. The molecule has 142 valence electrons. The summed E-state index contributed by atoms with van der Waals surface area (Å²) in [5.41, 5.74) is 1.25. The molecule has 1 aromatic heterocycles. The SMILES string of the molecule is Cc1cc2c(c(=O)o1)C(c1cccc([N+](=O)[O-])c1)C1=C(O2)c2ccccc2C1=O. The molecule has 2 heterocycles. The second-order valence-electron chi connectivity index (χ2n) is 6.93. The molecule has 0 saturated heterocycles. The van der Waals surface area contributed by atoms with Gasteiger partial charge in [-0.15, -0.1) is 0 Å². The van der Waals surface area contributed by atoms with Crippen LogP contribution in [0, 0.1) is 17.0 Å². The predicted octanol–water partition coefficient (Wildman–Crippen LogP) is 3.99. The van der Waals surface area contributed by atoms with Crippen LogP contribution in [0.5, 0.6) is 5.75 Å². The molecule has 0 radical (unpaired) electrons. The third-order valence-electron chi connectivity index (χ3n) is 5.18. The summed E-state index contributed by atoms with van der Waals surface area (Å²) in [6.07, 6.45) is 0. The number of allylic oxidation sites excluding steroid dienone is 1. The first-order chi connectivity index (χ1) is 14.0. The van der Waals surface area contributed by atoms with Gasteiger partial charge < -0.3 is 9.15 Å². The summed E-state index contributed by atoms with van der Waals surface area (Å²) in [5.74, 6) is -0.0607. The Kier molecular flexibility index (Phi) is 3.54. The highest BCUT2D eigenvalue weighted by atomic mass is 16.6. The van der Waals surface area contributed by atoms with Crippen molar-refractivity contribution in [2.75, 3.05) is 0 Å². The van der Waals surface area contributed by atoms with E-state index in [2.05, 4.69) is 0 Å². The number of non-ortho nitro benzene ring substituents is 1. The number of nitro groups is 1. The molecule has 0 saturated carbocycles. The van der Waals surface area contributed by atoms with Crippen LogP contribution >= 0.6 is 0 Å². The lowest BCUT2D eigenvalue weighted by Crippen LogP contribution is -2.24. The number of nitro benzene ring substituents is 1. The molecule has 2 aliphatic rings. The molecule has 7 nitrogen and oxygen atoms in total. The van der Waals surface area contributed by atoms with Crippen molar-refractivity contribution in [1.82, 2.24) is 0 Å². The molecule has 2 aromatic carbocycles. The third kappa shape index (κ3) is 2.44. The minimum absolute atomic E-state index is 0.128. The van der Waals surface area contributed by atoms with Gasteiger partial charge in [-0.1, -0.05) is 36.4 Å². The van der Waals surface area contributed by atoms with E-state index in [0.717, 1.165) is 0 Å². The molecule has 3 aromatic rings. The number of Topliss-reactive ketones (excluding diaryl/α,β-unsaturated/α-hetero) is 1. The Morgan fingerprint density at radius 1 is 1.00 bits per heavy atom. The number of hydrogen-bond acceptors (Lipinski definition) is 6. The van der Waals surface area contributed by atoms with Crippen LogP contribution in [-0.4, -0.2) is 10.7 Å². The number of nitrogens with zero attached hydrogens (tertiary/aromatic N) is 1. The molecule has 0 spiro atoms. The lowest BCUT2D eigenvalue weighted by molar-refractivity contribution is -0.384. The molecule has 29 heavy (non-hydrogen) atoms. The summed E-state index contributed by atoms with van der Waals surface area (Å²) in [6.45, 7) is 1.63. The van der Waals surface area contributed by atoms with E-state index in [1.165, 1.54) is 18.2 Å². The molecule has 0 amide bonds. The van der Waals surface area contributed by atoms with Gasteiger partial charge in [0.2, 0.25) is 0 Å². The maximum absolute atomic E-state index is 13.2. The van der Waals surface area contributed by atoms with Gasteiger partial charge in [0.05, 0.1) is 22.0 Å². The van der Waals surface area contributed by atoms with E-state index in [9.17, 15) is 19.7 Å². The summed E-state index contributed by atoms with van der Waals surface area (Å²) in [5, 5.41) is 11.3. The molecule has 5 rings (SSSR count). The summed E-state index contributed by atoms with van der Waals surface area (Å²) in [7, 11) is 0. The predicted molar refractivity (Wildman–Crippen MR) is 103 cm³/mol. The van der Waals surface area contributed by atoms with Gasteiger partial charge in [0.15, 0.2) is 5.78 Å². The second-order valence-corrected chi connectivity index (χ2v) is 6.93. The molecule has 0 bridgehead atoms. The van der Waals surface area contributed by atoms with Gasteiger partial charge in [-0.25, -0.2) is 4.79 Å². The van der Waals surface area contributed by atoms with Crippen molar-refractivity contribution < 1.29 is 18.9 Å². The van der Waals surface area contributed by atoms with Crippen molar-refractivity contribution in [3.05, 3.63) is 109 Å². The highest BCUT2D eigenvalue weighted by molar-refractivity contribution is 6.21. The summed E-state index contributed by atoms with van der Waals surface area (Å²) >= 11 is 0. The maximum atomic E-state index is 13.2. The van der Waals surface area contributed by atoms with E-state index >= 15 is 0 Å². The lowest BCUT2D eigenvalue weighted by Gasteiger charge is -2.26. The average Bonchev–Trinajstić information content (AvgIpc) is 2.99. The van der Waals surface area contributed by atoms with E-state index in [1.807, 2.05) is 0 Å². The first kappa shape index (κ1) is 17.1. The standard InChI is InChI=1S/C22H13NO6/c1-11-9-16-18(22(25)28-11)17(12-5-4-6-13(10-12)23(26)27)19-20(24)14-7-2-3-8-15(14)21(19)29-16/h2-10,17H,1H3. The van der Waals surface area contributed by atoms with Crippen molar-refractivity contribution >= 4 is 17.2 Å². The van der Waals surface area contributed by atoms with Crippen molar-refractivity contribution in [2.45, 2.75) is 12.8 Å². The molecule has 1 aliphatic heterocycles. The number of ether oxygens (including phenoxy) is 1. The first-order valence-corrected chi connectivity index (χ1v) is 8.91. The van der Waals surface area contributed by atoms with Gasteiger partial charge in [0, 0.05) is 29.3 Å². The number of carbonyl (C=O) groups is 1. The highest BCUT2D eigenvalue weighted by Crippen LogP contribution is 2.49. The third-order valence-corrected chi connectivity index (χ3v) is 5.18. The minimum atomic E-state index is -0.828. The van der Waals surface area contributed by atoms with Crippen LogP contribution in [0.2, 0.25) is 0 Å². The molecule has 1 aliphatic carbocycles. The zero-order valence-corrected chi connectivity index (χ0v) is 15.2. The Hall–Kier alpha value is -4.00. The summed E-state index contributed by atoms with van der Waals surface area (Å²) in [6, 6.07) is 14.6. The number of hydrogen-bond donors (Lipinski definition) is 0.